The summed E-state index contributed by atoms with van der Waals surface area (Å²) in [6.45, 7) is 5.24. The summed E-state index contributed by atoms with van der Waals surface area (Å²) in [6, 6.07) is 8.39. The van der Waals surface area contributed by atoms with Gasteiger partial charge in [0, 0.05) is 29.1 Å². The second-order valence-electron chi connectivity index (χ2n) is 4.93. The molecule has 3 nitrogen and oxygen atoms in total. The van der Waals surface area contributed by atoms with Crippen LogP contribution in [0.3, 0.4) is 0 Å². The Morgan fingerprint density at radius 1 is 1.19 bits per heavy atom. The van der Waals surface area contributed by atoms with Gasteiger partial charge in [-0.05, 0) is 36.4 Å². The average Bonchev–Trinajstić information content (AvgIpc) is 2.99. The van der Waals surface area contributed by atoms with E-state index in [9.17, 15) is 0 Å². The Balaban J connectivity index is 2.08. The smallest absolute Gasteiger partial charge is 0.127 e. The zero-order valence-corrected chi connectivity index (χ0v) is 13.9. The topological polar surface area (TPSA) is 30.5 Å². The molecule has 1 aromatic carbocycles. The normalized spacial score (nSPS) is 12.2. The van der Waals surface area contributed by atoms with E-state index < -0.39 is 0 Å². The van der Waals surface area contributed by atoms with Crippen molar-refractivity contribution >= 4 is 11.3 Å². The predicted octanol–water partition coefficient (Wildman–Crippen LogP) is 4.18. The Hall–Kier alpha value is -1.52. The molecule has 0 aliphatic rings. The van der Waals surface area contributed by atoms with Crippen molar-refractivity contribution < 1.29 is 9.47 Å². The van der Waals surface area contributed by atoms with Gasteiger partial charge in [-0.2, -0.15) is 0 Å². The molecule has 0 radical (unpaired) electrons. The molecule has 0 aliphatic heterocycles. The van der Waals surface area contributed by atoms with Crippen molar-refractivity contribution in [3.05, 3.63) is 45.6 Å². The van der Waals surface area contributed by atoms with Crippen LogP contribution < -0.4 is 14.8 Å². The molecule has 2 aromatic rings. The summed E-state index contributed by atoms with van der Waals surface area (Å²) >= 11 is 1.81. The van der Waals surface area contributed by atoms with Gasteiger partial charge in [0.2, 0.25) is 0 Å². The van der Waals surface area contributed by atoms with Crippen LogP contribution >= 0.6 is 11.3 Å². The highest BCUT2D eigenvalue weighted by molar-refractivity contribution is 7.10. The van der Waals surface area contributed by atoms with Gasteiger partial charge in [0.25, 0.3) is 0 Å². The second-order valence-corrected chi connectivity index (χ2v) is 5.93. The lowest BCUT2D eigenvalue weighted by Crippen LogP contribution is -2.18. The second kappa shape index (κ2) is 7.48. The summed E-state index contributed by atoms with van der Waals surface area (Å²) in [7, 11) is 3.36. The molecule has 0 saturated heterocycles. The lowest BCUT2D eigenvalue weighted by atomic mass is 10.1. The standard InChI is InChI=1S/C17H23NO2S/c1-5-13-8-9-21-17(13)11-18-12(2)15-7-6-14(19-3)10-16(15)20-4/h6-10,12,18H,5,11H2,1-4H3. The van der Waals surface area contributed by atoms with Gasteiger partial charge in [-0.25, -0.2) is 0 Å². The molecule has 1 N–H and O–H groups in total. The van der Waals surface area contributed by atoms with Crippen LogP contribution in [0, 0.1) is 0 Å². The highest BCUT2D eigenvalue weighted by Crippen LogP contribution is 2.29. The predicted molar refractivity (Wildman–Crippen MR) is 88.5 cm³/mol. The van der Waals surface area contributed by atoms with E-state index in [1.807, 2.05) is 23.5 Å². The minimum Gasteiger partial charge on any atom is -0.497 e. The summed E-state index contributed by atoms with van der Waals surface area (Å²) in [6.07, 6.45) is 1.08. The number of benzene rings is 1. The zero-order valence-electron chi connectivity index (χ0n) is 13.1. The van der Waals surface area contributed by atoms with Crippen molar-refractivity contribution in [1.82, 2.24) is 5.32 Å². The minimum absolute atomic E-state index is 0.220. The van der Waals surface area contributed by atoms with Crippen molar-refractivity contribution in [1.29, 1.82) is 0 Å². The Bertz CT molecular complexity index is 580. The number of hydrogen-bond acceptors (Lipinski definition) is 4. The minimum atomic E-state index is 0.220. The fourth-order valence-electron chi connectivity index (χ4n) is 2.37. The van der Waals surface area contributed by atoms with Crippen LogP contribution in [0.1, 0.15) is 35.9 Å². The summed E-state index contributed by atoms with van der Waals surface area (Å²) in [4.78, 5) is 1.41. The molecule has 1 aromatic heterocycles. The van der Waals surface area contributed by atoms with E-state index in [4.69, 9.17) is 9.47 Å². The Labute approximate surface area is 130 Å². The Morgan fingerprint density at radius 2 is 2.00 bits per heavy atom. The monoisotopic (exact) mass is 305 g/mol. The fourth-order valence-corrected chi connectivity index (χ4v) is 3.30. The fraction of sp³-hybridized carbons (Fsp3) is 0.412. The number of thiophene rings is 1. The third-order valence-electron chi connectivity index (χ3n) is 3.69. The lowest BCUT2D eigenvalue weighted by Gasteiger charge is -2.18. The van der Waals surface area contributed by atoms with Gasteiger partial charge in [0.15, 0.2) is 0 Å². The molecule has 0 saturated carbocycles. The van der Waals surface area contributed by atoms with E-state index in [0.29, 0.717) is 0 Å². The first kappa shape index (κ1) is 15.9. The molecule has 0 spiro atoms. The molecule has 0 bridgehead atoms. The molecule has 0 fully saturated rings. The Kier molecular flexibility index (Phi) is 5.65. The van der Waals surface area contributed by atoms with Crippen molar-refractivity contribution in [2.24, 2.45) is 0 Å². The van der Waals surface area contributed by atoms with Crippen LogP contribution in [0.2, 0.25) is 0 Å². The highest BCUT2D eigenvalue weighted by Gasteiger charge is 2.13. The maximum absolute atomic E-state index is 5.47. The molecular weight excluding hydrogens is 282 g/mol. The SMILES string of the molecule is CCc1ccsc1CNC(C)c1ccc(OC)cc1OC. The van der Waals surface area contributed by atoms with E-state index >= 15 is 0 Å². The van der Waals surface area contributed by atoms with E-state index in [0.717, 1.165) is 30.0 Å². The Morgan fingerprint density at radius 3 is 2.67 bits per heavy atom. The first-order valence-electron chi connectivity index (χ1n) is 7.20. The summed E-state index contributed by atoms with van der Waals surface area (Å²) < 4.78 is 10.7. The third kappa shape index (κ3) is 3.77. The van der Waals surface area contributed by atoms with Crippen LogP contribution in [-0.4, -0.2) is 14.2 Å². The molecule has 1 unspecified atom stereocenters. The molecule has 21 heavy (non-hydrogen) atoms. The summed E-state index contributed by atoms with van der Waals surface area (Å²) in [5.41, 5.74) is 2.58. The summed E-state index contributed by atoms with van der Waals surface area (Å²) in [5.74, 6) is 1.67. The van der Waals surface area contributed by atoms with Crippen LogP contribution in [0.15, 0.2) is 29.6 Å². The summed E-state index contributed by atoms with van der Waals surface area (Å²) in [5, 5.41) is 5.74. The van der Waals surface area contributed by atoms with Gasteiger partial charge in [-0.1, -0.05) is 13.0 Å². The van der Waals surface area contributed by atoms with Gasteiger partial charge in [-0.15, -0.1) is 11.3 Å². The van der Waals surface area contributed by atoms with Gasteiger partial charge < -0.3 is 14.8 Å². The van der Waals surface area contributed by atoms with Crippen molar-refractivity contribution in [3.8, 4) is 11.5 Å². The maximum atomic E-state index is 5.47. The first-order valence-corrected chi connectivity index (χ1v) is 8.08. The number of nitrogens with one attached hydrogen (secondary N) is 1. The van der Waals surface area contributed by atoms with Crippen LogP contribution in [0.25, 0.3) is 0 Å². The molecular formula is C17H23NO2S. The van der Waals surface area contributed by atoms with Gasteiger partial charge >= 0.3 is 0 Å². The number of rotatable bonds is 7. The van der Waals surface area contributed by atoms with Gasteiger partial charge in [0.1, 0.15) is 11.5 Å². The average molecular weight is 305 g/mol. The zero-order chi connectivity index (χ0) is 15.2. The van der Waals surface area contributed by atoms with E-state index in [-0.39, 0.29) is 6.04 Å². The number of aryl methyl sites for hydroxylation is 1. The highest BCUT2D eigenvalue weighted by atomic mass is 32.1. The van der Waals surface area contributed by atoms with Gasteiger partial charge in [-0.3, -0.25) is 0 Å². The largest absolute Gasteiger partial charge is 0.497 e. The van der Waals surface area contributed by atoms with Crippen LogP contribution in [0.5, 0.6) is 11.5 Å². The van der Waals surface area contributed by atoms with E-state index in [1.165, 1.54) is 10.4 Å². The van der Waals surface area contributed by atoms with Crippen molar-refractivity contribution in [2.75, 3.05) is 14.2 Å². The van der Waals surface area contributed by atoms with Crippen molar-refractivity contribution in [3.63, 3.8) is 0 Å². The van der Waals surface area contributed by atoms with Crippen molar-refractivity contribution in [2.45, 2.75) is 32.9 Å². The quantitative estimate of drug-likeness (QED) is 0.832. The molecule has 1 heterocycles. The molecule has 0 amide bonds. The molecule has 4 heteroatoms. The maximum Gasteiger partial charge on any atom is 0.127 e. The number of hydrogen-bond donors (Lipinski definition) is 1. The molecule has 114 valence electrons. The molecule has 0 aliphatic carbocycles. The number of methoxy groups -OCH3 is 2. The lowest BCUT2D eigenvalue weighted by molar-refractivity contribution is 0.386. The van der Waals surface area contributed by atoms with Gasteiger partial charge in [0.05, 0.1) is 14.2 Å². The molecule has 1 atom stereocenters. The number of ether oxygens (including phenoxy) is 2. The van der Waals surface area contributed by atoms with Crippen LogP contribution in [0.4, 0.5) is 0 Å². The first-order chi connectivity index (χ1) is 10.2. The molecule has 2 rings (SSSR count). The van der Waals surface area contributed by atoms with Crippen LogP contribution in [-0.2, 0) is 13.0 Å². The van der Waals surface area contributed by atoms with E-state index in [1.54, 1.807) is 14.2 Å². The third-order valence-corrected chi connectivity index (χ3v) is 4.66. The van der Waals surface area contributed by atoms with E-state index in [2.05, 4.69) is 36.7 Å².